The Bertz CT molecular complexity index is 822. The highest BCUT2D eigenvalue weighted by molar-refractivity contribution is 5.50. The number of nitrogens with zero attached hydrogens (tertiary/aromatic N) is 2. The summed E-state index contributed by atoms with van der Waals surface area (Å²) in [5.74, 6) is 1.49. The summed E-state index contributed by atoms with van der Waals surface area (Å²) in [5, 5.41) is 19.8. The molecule has 2 fully saturated rings. The molecule has 1 N–H and O–H groups in total. The van der Waals surface area contributed by atoms with E-state index in [9.17, 15) is 5.11 Å². The van der Waals surface area contributed by atoms with E-state index in [1.165, 1.54) is 11.1 Å². The number of fused-ring (bicyclic) bond motifs is 3. The molecule has 1 saturated carbocycles. The highest BCUT2D eigenvalue weighted by Crippen LogP contribution is 2.49. The van der Waals surface area contributed by atoms with E-state index >= 15 is 0 Å². The largest absolute Gasteiger partial charge is 0.493 e. The molecular weight excluding hydrogens is 380 g/mol. The van der Waals surface area contributed by atoms with Crippen molar-refractivity contribution in [1.82, 2.24) is 4.90 Å². The summed E-state index contributed by atoms with van der Waals surface area (Å²) in [5.41, 5.74) is 2.24. The molecule has 2 aliphatic heterocycles. The van der Waals surface area contributed by atoms with Crippen LogP contribution in [0.2, 0.25) is 0 Å². The van der Waals surface area contributed by atoms with Crippen LogP contribution in [0.1, 0.15) is 63.6 Å². The maximum absolute atomic E-state index is 10.8. The van der Waals surface area contributed by atoms with Crippen molar-refractivity contribution in [2.45, 2.75) is 76.7 Å². The summed E-state index contributed by atoms with van der Waals surface area (Å²) in [4.78, 5) is 2.43. The van der Waals surface area contributed by atoms with Gasteiger partial charge in [-0.25, -0.2) is 0 Å². The van der Waals surface area contributed by atoms with Crippen LogP contribution in [-0.2, 0) is 11.2 Å². The molecule has 2 heterocycles. The van der Waals surface area contributed by atoms with Gasteiger partial charge in [-0.1, -0.05) is 0 Å². The molecular formula is C24H34N2O4. The molecule has 4 rings (SSSR count). The number of aliphatic hydroxyl groups is 1. The summed E-state index contributed by atoms with van der Waals surface area (Å²) >= 11 is 0. The van der Waals surface area contributed by atoms with E-state index in [1.807, 2.05) is 20.8 Å². The molecule has 3 aliphatic rings. The van der Waals surface area contributed by atoms with E-state index < -0.39 is 6.10 Å². The van der Waals surface area contributed by atoms with Gasteiger partial charge in [-0.15, -0.1) is 0 Å². The van der Waals surface area contributed by atoms with Gasteiger partial charge in [0, 0.05) is 31.0 Å². The number of rotatable bonds is 6. The smallest absolute Gasteiger partial charge is 0.161 e. The molecule has 3 atom stereocenters. The van der Waals surface area contributed by atoms with Gasteiger partial charge in [0.15, 0.2) is 11.5 Å². The third-order valence-corrected chi connectivity index (χ3v) is 6.65. The third kappa shape index (κ3) is 4.44. The predicted molar refractivity (Wildman–Crippen MR) is 114 cm³/mol. The molecule has 1 aromatic rings. The minimum atomic E-state index is -0.487. The zero-order chi connectivity index (χ0) is 21.5. The quantitative estimate of drug-likeness (QED) is 0.766. The lowest BCUT2D eigenvalue weighted by Crippen LogP contribution is -2.53. The molecule has 1 aliphatic carbocycles. The van der Waals surface area contributed by atoms with Crippen LogP contribution in [0.15, 0.2) is 12.1 Å². The van der Waals surface area contributed by atoms with Gasteiger partial charge in [-0.05, 0) is 69.7 Å². The lowest BCUT2D eigenvalue weighted by Gasteiger charge is -2.46. The van der Waals surface area contributed by atoms with Crippen LogP contribution in [0.3, 0.4) is 0 Å². The SMILES string of the molecule is COc1cc2c(cc1OCC1(CC#N)CC1)CCN1C[C@@H](OC(C)(C)C)[C@H](O)C[C@H]21. The topological polar surface area (TPSA) is 75.0 Å². The molecule has 6 heteroatoms. The first-order valence-electron chi connectivity index (χ1n) is 11.0. The second kappa shape index (κ2) is 8.03. The molecule has 0 unspecified atom stereocenters. The molecule has 30 heavy (non-hydrogen) atoms. The Labute approximate surface area is 179 Å². The molecule has 0 radical (unpaired) electrons. The van der Waals surface area contributed by atoms with Gasteiger partial charge in [0.25, 0.3) is 0 Å². The summed E-state index contributed by atoms with van der Waals surface area (Å²) in [6.45, 7) is 8.35. The van der Waals surface area contributed by atoms with E-state index in [1.54, 1.807) is 7.11 Å². The number of ether oxygens (including phenoxy) is 3. The first kappa shape index (κ1) is 21.4. The van der Waals surface area contributed by atoms with Gasteiger partial charge in [0.1, 0.15) is 0 Å². The molecule has 1 aromatic carbocycles. The van der Waals surface area contributed by atoms with Crippen LogP contribution in [0.4, 0.5) is 0 Å². The minimum Gasteiger partial charge on any atom is -0.493 e. The van der Waals surface area contributed by atoms with Gasteiger partial charge in [-0.2, -0.15) is 5.26 Å². The van der Waals surface area contributed by atoms with Crippen LogP contribution < -0.4 is 9.47 Å². The van der Waals surface area contributed by atoms with E-state index in [-0.39, 0.29) is 23.2 Å². The first-order valence-corrected chi connectivity index (χ1v) is 11.0. The van der Waals surface area contributed by atoms with E-state index in [0.29, 0.717) is 19.4 Å². The van der Waals surface area contributed by atoms with Gasteiger partial charge < -0.3 is 19.3 Å². The number of aliphatic hydroxyl groups excluding tert-OH is 1. The van der Waals surface area contributed by atoms with Crippen molar-refractivity contribution in [3.8, 4) is 17.6 Å². The van der Waals surface area contributed by atoms with Crippen molar-refractivity contribution < 1.29 is 19.3 Å². The molecule has 164 valence electrons. The Morgan fingerprint density at radius 2 is 2.03 bits per heavy atom. The lowest BCUT2D eigenvalue weighted by molar-refractivity contribution is -0.149. The second-order valence-corrected chi connectivity index (χ2v) is 10.2. The minimum absolute atomic E-state index is 0.0298. The van der Waals surface area contributed by atoms with Crippen molar-refractivity contribution in [3.05, 3.63) is 23.3 Å². The van der Waals surface area contributed by atoms with E-state index in [2.05, 4.69) is 23.1 Å². The Hall–Kier alpha value is -1.81. The van der Waals surface area contributed by atoms with Crippen molar-refractivity contribution >= 4 is 0 Å². The highest BCUT2D eigenvalue weighted by Gasteiger charge is 2.44. The van der Waals surface area contributed by atoms with Gasteiger partial charge in [-0.3, -0.25) is 4.90 Å². The summed E-state index contributed by atoms with van der Waals surface area (Å²) in [7, 11) is 1.67. The van der Waals surface area contributed by atoms with Crippen molar-refractivity contribution in [2.24, 2.45) is 5.41 Å². The Balaban J connectivity index is 1.52. The first-order chi connectivity index (χ1) is 14.2. The average molecular weight is 415 g/mol. The van der Waals surface area contributed by atoms with Crippen molar-refractivity contribution in [2.75, 3.05) is 26.8 Å². The van der Waals surface area contributed by atoms with Crippen LogP contribution in [0.5, 0.6) is 11.5 Å². The summed E-state index contributed by atoms with van der Waals surface area (Å²) < 4.78 is 17.9. The highest BCUT2D eigenvalue weighted by atomic mass is 16.5. The summed E-state index contributed by atoms with van der Waals surface area (Å²) in [6, 6.07) is 6.65. The van der Waals surface area contributed by atoms with E-state index in [0.717, 1.165) is 43.9 Å². The van der Waals surface area contributed by atoms with Crippen LogP contribution in [0, 0.1) is 16.7 Å². The molecule has 6 nitrogen and oxygen atoms in total. The standard InChI is InChI=1S/C24H34N2O4/c1-23(2,3)30-22-14-26-10-5-16-11-21(29-15-24(6-7-24)8-9-25)20(28-4)12-17(16)18(26)13-19(22)27/h11-12,18-19,22,27H,5-8,10,13-15H2,1-4H3/t18-,19-,22-/m1/s1. The normalized spacial score (nSPS) is 27.5. The molecule has 0 bridgehead atoms. The monoisotopic (exact) mass is 414 g/mol. The Morgan fingerprint density at radius 3 is 2.67 bits per heavy atom. The number of hydrogen-bond acceptors (Lipinski definition) is 6. The predicted octanol–water partition coefficient (Wildman–Crippen LogP) is 3.62. The van der Waals surface area contributed by atoms with Crippen LogP contribution >= 0.6 is 0 Å². The van der Waals surface area contributed by atoms with Crippen molar-refractivity contribution in [1.29, 1.82) is 5.26 Å². The fourth-order valence-corrected chi connectivity index (χ4v) is 4.78. The second-order valence-electron chi connectivity index (χ2n) is 10.2. The molecule has 0 aromatic heterocycles. The zero-order valence-corrected chi connectivity index (χ0v) is 18.6. The zero-order valence-electron chi connectivity index (χ0n) is 18.6. The lowest BCUT2D eigenvalue weighted by atomic mass is 9.84. The Kier molecular flexibility index (Phi) is 5.73. The average Bonchev–Trinajstić information content (AvgIpc) is 3.45. The maximum Gasteiger partial charge on any atom is 0.161 e. The fourth-order valence-electron chi connectivity index (χ4n) is 4.78. The van der Waals surface area contributed by atoms with Gasteiger partial charge in [0.05, 0.1) is 37.6 Å². The number of methoxy groups -OCH3 is 1. The Morgan fingerprint density at radius 1 is 1.27 bits per heavy atom. The number of hydrogen-bond donors (Lipinski definition) is 1. The number of benzene rings is 1. The summed E-state index contributed by atoms with van der Waals surface area (Å²) in [6.07, 6.45) is 3.60. The van der Waals surface area contributed by atoms with E-state index in [4.69, 9.17) is 19.5 Å². The molecule has 0 amide bonds. The van der Waals surface area contributed by atoms with Gasteiger partial charge >= 0.3 is 0 Å². The van der Waals surface area contributed by atoms with Crippen LogP contribution in [-0.4, -0.2) is 54.6 Å². The maximum atomic E-state index is 10.8. The number of nitriles is 1. The number of piperidine rings is 1. The molecule has 0 spiro atoms. The molecule has 1 saturated heterocycles. The van der Waals surface area contributed by atoms with Crippen LogP contribution in [0.25, 0.3) is 0 Å². The van der Waals surface area contributed by atoms with Crippen molar-refractivity contribution in [3.63, 3.8) is 0 Å². The third-order valence-electron chi connectivity index (χ3n) is 6.65. The van der Waals surface area contributed by atoms with Gasteiger partial charge in [0.2, 0.25) is 0 Å². The fraction of sp³-hybridized carbons (Fsp3) is 0.708.